The third-order valence-corrected chi connectivity index (χ3v) is 7.04. The SMILES string of the molecule is CC(=O)Nc1cccc(-c2ccc(C(N)=O)c3[nH]c4cc(C(=O)N5CCN(C)CC5)ccc4c23)c1CN. The number of carbonyl (C=O) groups excluding carboxylic acids is 3. The van der Waals surface area contributed by atoms with Gasteiger partial charge >= 0.3 is 0 Å². The van der Waals surface area contributed by atoms with Crippen molar-refractivity contribution in [2.24, 2.45) is 11.5 Å². The number of nitrogens with zero attached hydrogens (tertiary/aromatic N) is 2. The van der Waals surface area contributed by atoms with Crippen molar-refractivity contribution in [1.82, 2.24) is 14.8 Å². The Kier molecular flexibility index (Phi) is 6.41. The molecule has 0 saturated carbocycles. The summed E-state index contributed by atoms with van der Waals surface area (Å²) in [6.45, 7) is 4.70. The maximum atomic E-state index is 13.2. The number of piperazine rings is 1. The first-order valence-corrected chi connectivity index (χ1v) is 12.2. The molecule has 3 amide bonds. The van der Waals surface area contributed by atoms with Crippen molar-refractivity contribution in [2.45, 2.75) is 13.5 Å². The lowest BCUT2D eigenvalue weighted by molar-refractivity contribution is -0.114. The van der Waals surface area contributed by atoms with E-state index in [4.69, 9.17) is 11.5 Å². The van der Waals surface area contributed by atoms with Gasteiger partial charge in [0.1, 0.15) is 0 Å². The van der Waals surface area contributed by atoms with E-state index in [1.54, 1.807) is 6.07 Å². The number of primary amides is 1. The molecule has 0 aliphatic carbocycles. The minimum absolute atomic E-state index is 0.0163. The fourth-order valence-corrected chi connectivity index (χ4v) is 5.13. The average Bonchev–Trinajstić information content (AvgIpc) is 3.26. The van der Waals surface area contributed by atoms with Gasteiger partial charge in [-0.25, -0.2) is 0 Å². The summed E-state index contributed by atoms with van der Waals surface area (Å²) < 4.78 is 0. The number of aromatic nitrogens is 1. The van der Waals surface area contributed by atoms with Crippen LogP contribution >= 0.6 is 0 Å². The molecule has 0 unspecified atom stereocenters. The van der Waals surface area contributed by atoms with Gasteiger partial charge in [0.25, 0.3) is 11.8 Å². The normalized spacial score (nSPS) is 14.3. The Morgan fingerprint density at radius 1 is 1.00 bits per heavy atom. The molecule has 0 spiro atoms. The molecule has 190 valence electrons. The van der Waals surface area contributed by atoms with Gasteiger partial charge in [-0.1, -0.05) is 24.3 Å². The highest BCUT2D eigenvalue weighted by Gasteiger charge is 2.23. The largest absolute Gasteiger partial charge is 0.366 e. The van der Waals surface area contributed by atoms with Gasteiger partial charge in [0.05, 0.1) is 11.1 Å². The van der Waals surface area contributed by atoms with Crippen LogP contribution in [-0.2, 0) is 11.3 Å². The predicted molar refractivity (Wildman–Crippen MR) is 145 cm³/mol. The molecule has 4 aromatic rings. The second-order valence-electron chi connectivity index (χ2n) is 9.47. The second kappa shape index (κ2) is 9.68. The number of likely N-dealkylation sites (N-methyl/N-ethyl adjacent to an activating group) is 1. The molecule has 1 aromatic heterocycles. The number of carbonyl (C=O) groups is 3. The van der Waals surface area contributed by atoms with Gasteiger partial charge in [0.15, 0.2) is 0 Å². The minimum Gasteiger partial charge on any atom is -0.366 e. The van der Waals surface area contributed by atoms with Gasteiger partial charge in [-0.15, -0.1) is 0 Å². The van der Waals surface area contributed by atoms with E-state index in [0.29, 0.717) is 35.4 Å². The smallest absolute Gasteiger partial charge is 0.254 e. The number of hydrogen-bond acceptors (Lipinski definition) is 5. The van der Waals surface area contributed by atoms with Crippen molar-refractivity contribution in [3.63, 3.8) is 0 Å². The Morgan fingerprint density at radius 2 is 1.76 bits per heavy atom. The molecule has 3 aromatic carbocycles. The summed E-state index contributed by atoms with van der Waals surface area (Å²) in [5.41, 5.74) is 17.2. The van der Waals surface area contributed by atoms with E-state index >= 15 is 0 Å². The lowest BCUT2D eigenvalue weighted by atomic mass is 9.92. The Labute approximate surface area is 214 Å². The fraction of sp³-hybridized carbons (Fsp3) is 0.250. The molecular weight excluding hydrogens is 468 g/mol. The van der Waals surface area contributed by atoms with E-state index < -0.39 is 5.91 Å². The zero-order valence-corrected chi connectivity index (χ0v) is 20.9. The first-order valence-electron chi connectivity index (χ1n) is 12.2. The van der Waals surface area contributed by atoms with E-state index in [1.807, 2.05) is 54.4 Å². The van der Waals surface area contributed by atoms with E-state index in [2.05, 4.69) is 15.2 Å². The molecule has 1 aliphatic heterocycles. The number of H-pyrrole nitrogens is 1. The topological polar surface area (TPSA) is 138 Å². The Morgan fingerprint density at radius 3 is 2.43 bits per heavy atom. The van der Waals surface area contributed by atoms with Crippen LogP contribution < -0.4 is 16.8 Å². The molecule has 37 heavy (non-hydrogen) atoms. The van der Waals surface area contributed by atoms with Crippen LogP contribution in [0.1, 0.15) is 33.2 Å². The van der Waals surface area contributed by atoms with Crippen molar-refractivity contribution < 1.29 is 14.4 Å². The number of aromatic amines is 1. The Bertz CT molecular complexity index is 1550. The van der Waals surface area contributed by atoms with E-state index in [0.717, 1.165) is 46.1 Å². The highest BCUT2D eigenvalue weighted by atomic mass is 16.2. The number of amides is 3. The molecule has 1 aliphatic rings. The van der Waals surface area contributed by atoms with E-state index in [-0.39, 0.29) is 18.4 Å². The van der Waals surface area contributed by atoms with Crippen LogP contribution in [0.15, 0.2) is 48.5 Å². The first-order chi connectivity index (χ1) is 17.8. The third-order valence-electron chi connectivity index (χ3n) is 7.04. The summed E-state index contributed by atoms with van der Waals surface area (Å²) in [5.74, 6) is -0.758. The zero-order chi connectivity index (χ0) is 26.3. The Hall–Kier alpha value is -4.21. The van der Waals surface area contributed by atoms with Crippen LogP contribution in [0, 0.1) is 0 Å². The number of hydrogen-bond donors (Lipinski definition) is 4. The number of anilines is 1. The summed E-state index contributed by atoms with van der Waals surface area (Å²) in [7, 11) is 2.05. The second-order valence-corrected chi connectivity index (χ2v) is 9.47. The summed E-state index contributed by atoms with van der Waals surface area (Å²) in [4.78, 5) is 44.7. The fourth-order valence-electron chi connectivity index (χ4n) is 5.13. The average molecular weight is 499 g/mol. The Balaban J connectivity index is 1.69. The van der Waals surface area contributed by atoms with Crippen molar-refractivity contribution in [3.8, 4) is 11.1 Å². The molecule has 0 atom stereocenters. The predicted octanol–water partition coefficient (Wildman–Crippen LogP) is 2.89. The van der Waals surface area contributed by atoms with Crippen molar-refractivity contribution in [1.29, 1.82) is 0 Å². The van der Waals surface area contributed by atoms with Crippen LogP contribution in [0.4, 0.5) is 5.69 Å². The highest BCUT2D eigenvalue weighted by Crippen LogP contribution is 2.39. The van der Waals surface area contributed by atoms with Gasteiger partial charge < -0.3 is 31.6 Å². The number of nitrogens with one attached hydrogen (secondary N) is 2. The number of rotatable bonds is 5. The molecule has 6 N–H and O–H groups in total. The van der Waals surface area contributed by atoms with Crippen LogP contribution in [0.25, 0.3) is 32.9 Å². The number of benzene rings is 3. The van der Waals surface area contributed by atoms with Crippen LogP contribution in [0.3, 0.4) is 0 Å². The van der Waals surface area contributed by atoms with E-state index in [9.17, 15) is 14.4 Å². The molecule has 5 rings (SSSR count). The lowest BCUT2D eigenvalue weighted by Crippen LogP contribution is -2.47. The van der Waals surface area contributed by atoms with E-state index in [1.165, 1.54) is 6.92 Å². The number of nitrogens with two attached hydrogens (primary N) is 2. The number of fused-ring (bicyclic) bond motifs is 3. The molecule has 0 radical (unpaired) electrons. The van der Waals surface area contributed by atoms with Gasteiger partial charge in [-0.05, 0) is 48.0 Å². The third kappa shape index (κ3) is 4.43. The van der Waals surface area contributed by atoms with Crippen LogP contribution in [-0.4, -0.2) is 65.7 Å². The standard InChI is InChI=1S/C28H30N6O3/c1-16(35)31-23-5-3-4-18(22(23)15-29)19-8-9-21(27(30)36)26-25(19)20-7-6-17(14-24(20)32-26)28(37)34-12-10-33(2)11-13-34/h3-9,14,32H,10-13,15,29H2,1-2H3,(H2,30,36)(H,31,35). The zero-order valence-electron chi connectivity index (χ0n) is 20.9. The molecule has 9 heteroatoms. The summed E-state index contributed by atoms with van der Waals surface area (Å²) >= 11 is 0. The maximum Gasteiger partial charge on any atom is 0.254 e. The lowest BCUT2D eigenvalue weighted by Gasteiger charge is -2.32. The van der Waals surface area contributed by atoms with Gasteiger partial charge in [-0.2, -0.15) is 0 Å². The van der Waals surface area contributed by atoms with Gasteiger partial charge in [-0.3, -0.25) is 14.4 Å². The maximum absolute atomic E-state index is 13.2. The van der Waals surface area contributed by atoms with Crippen molar-refractivity contribution >= 4 is 45.2 Å². The molecule has 1 saturated heterocycles. The van der Waals surface area contributed by atoms with Gasteiger partial charge in [0, 0.05) is 67.2 Å². The first kappa shape index (κ1) is 24.5. The van der Waals surface area contributed by atoms with Gasteiger partial charge in [0.2, 0.25) is 5.91 Å². The quantitative estimate of drug-likeness (QED) is 0.335. The van der Waals surface area contributed by atoms with Crippen molar-refractivity contribution in [2.75, 3.05) is 38.5 Å². The van der Waals surface area contributed by atoms with Crippen LogP contribution in [0.2, 0.25) is 0 Å². The summed E-state index contributed by atoms with van der Waals surface area (Å²) in [5, 5.41) is 4.51. The summed E-state index contributed by atoms with van der Waals surface area (Å²) in [6.07, 6.45) is 0. The molecular formula is C28H30N6O3. The summed E-state index contributed by atoms with van der Waals surface area (Å²) in [6, 6.07) is 14.7. The molecule has 1 fully saturated rings. The highest BCUT2D eigenvalue weighted by molar-refractivity contribution is 6.20. The molecule has 2 heterocycles. The van der Waals surface area contributed by atoms with Crippen LogP contribution in [0.5, 0.6) is 0 Å². The molecule has 9 nitrogen and oxygen atoms in total. The van der Waals surface area contributed by atoms with Crippen molar-refractivity contribution in [3.05, 3.63) is 65.2 Å². The molecule has 0 bridgehead atoms. The minimum atomic E-state index is -0.553. The monoisotopic (exact) mass is 498 g/mol.